The van der Waals surface area contributed by atoms with Crippen molar-refractivity contribution in [1.82, 2.24) is 15.0 Å². The number of hydrogen-bond acceptors (Lipinski definition) is 7. The number of pyridine rings is 1. The average Bonchev–Trinajstić information content (AvgIpc) is 2.91. The number of rotatable bonds is 8. The zero-order chi connectivity index (χ0) is 24.7. The van der Waals surface area contributed by atoms with Crippen molar-refractivity contribution in [2.45, 2.75) is 50.0 Å². The molecule has 2 heterocycles. The van der Waals surface area contributed by atoms with Crippen molar-refractivity contribution in [2.24, 2.45) is 0 Å². The predicted octanol–water partition coefficient (Wildman–Crippen LogP) is 8.16. The van der Waals surface area contributed by atoms with E-state index in [1.165, 1.54) is 31.2 Å². The molecule has 2 aromatic heterocycles. The molecule has 0 radical (unpaired) electrons. The van der Waals surface area contributed by atoms with Gasteiger partial charge >= 0.3 is 0 Å². The smallest absolute Gasteiger partial charge is 0.228 e. The van der Waals surface area contributed by atoms with Crippen LogP contribution in [0, 0.1) is 6.92 Å². The zero-order valence-electron chi connectivity index (χ0n) is 20.1. The maximum Gasteiger partial charge on any atom is 0.228 e. The summed E-state index contributed by atoms with van der Waals surface area (Å²) in [4.78, 5) is 14.7. The fourth-order valence-corrected chi connectivity index (χ4v) is 5.17. The maximum absolute atomic E-state index is 6.27. The highest BCUT2D eigenvalue weighted by atomic mass is 35.5. The summed E-state index contributed by atoms with van der Waals surface area (Å²) < 4.78 is 9.62. The molecule has 0 bridgehead atoms. The van der Waals surface area contributed by atoms with E-state index in [0.717, 1.165) is 51.0 Å². The summed E-state index contributed by atoms with van der Waals surface area (Å²) in [5.41, 5.74) is 3.54. The first-order valence-corrected chi connectivity index (χ1v) is 13.4. The van der Waals surface area contributed by atoms with Gasteiger partial charge in [0, 0.05) is 29.0 Å². The molecule has 0 saturated heterocycles. The maximum atomic E-state index is 6.27. The molecule has 0 atom stereocenters. The molecule has 0 amide bonds. The lowest BCUT2D eigenvalue weighted by atomic mass is 9.96. The second-order valence-corrected chi connectivity index (χ2v) is 10.1. The first kappa shape index (κ1) is 24.4. The lowest BCUT2D eigenvalue weighted by Gasteiger charge is -2.22. The summed E-state index contributed by atoms with van der Waals surface area (Å²) >= 11 is 7.74. The van der Waals surface area contributed by atoms with Crippen LogP contribution in [0.15, 0.2) is 78.0 Å². The van der Waals surface area contributed by atoms with Crippen LogP contribution >= 0.6 is 23.5 Å². The Morgan fingerprint density at radius 1 is 0.944 bits per heavy atom. The number of aryl methyl sites for hydroxylation is 1. The lowest BCUT2D eigenvalue weighted by Crippen LogP contribution is -2.23. The van der Waals surface area contributed by atoms with Gasteiger partial charge in [0.1, 0.15) is 5.75 Å². The first-order chi connectivity index (χ1) is 17.7. The highest BCUT2D eigenvalue weighted by Gasteiger charge is 2.16. The van der Waals surface area contributed by atoms with Crippen molar-refractivity contribution in [3.8, 4) is 22.9 Å². The molecule has 0 spiro atoms. The van der Waals surface area contributed by atoms with Gasteiger partial charge in [0.15, 0.2) is 0 Å². The fraction of sp³-hybridized carbons (Fsp3) is 0.250. The lowest BCUT2D eigenvalue weighted by molar-refractivity contribution is 0.460. The largest absolute Gasteiger partial charge is 0.438 e. The van der Waals surface area contributed by atoms with Crippen LogP contribution in [0.1, 0.15) is 37.7 Å². The van der Waals surface area contributed by atoms with Crippen LogP contribution in [0.3, 0.4) is 0 Å². The van der Waals surface area contributed by atoms with Gasteiger partial charge in [-0.05, 0) is 85.8 Å². The van der Waals surface area contributed by atoms with E-state index >= 15 is 0 Å². The molecule has 1 aliphatic carbocycles. The summed E-state index contributed by atoms with van der Waals surface area (Å²) in [6, 6.07) is 19.9. The molecule has 8 heteroatoms. The van der Waals surface area contributed by atoms with E-state index in [-0.39, 0.29) is 0 Å². The quantitative estimate of drug-likeness (QED) is 0.228. The Kier molecular flexibility index (Phi) is 7.88. The van der Waals surface area contributed by atoms with Crippen molar-refractivity contribution in [1.29, 1.82) is 0 Å². The van der Waals surface area contributed by atoms with Crippen molar-refractivity contribution in [3.63, 3.8) is 0 Å². The molecular formula is C28H28ClN5OS. The number of anilines is 2. The third-order valence-corrected chi connectivity index (χ3v) is 7.49. The monoisotopic (exact) mass is 517 g/mol. The summed E-state index contributed by atoms with van der Waals surface area (Å²) in [6.07, 6.45) is 9.66. The van der Waals surface area contributed by atoms with E-state index in [1.54, 1.807) is 12.4 Å². The highest BCUT2D eigenvalue weighted by Crippen LogP contribution is 2.34. The second-order valence-electron chi connectivity index (χ2n) is 8.82. The molecule has 1 saturated carbocycles. The minimum Gasteiger partial charge on any atom is -0.438 e. The topological polar surface area (TPSA) is 72.0 Å². The van der Waals surface area contributed by atoms with Gasteiger partial charge in [-0.2, -0.15) is 0 Å². The minimum atomic E-state index is 0.435. The van der Waals surface area contributed by atoms with Gasteiger partial charge < -0.3 is 14.8 Å². The van der Waals surface area contributed by atoms with Gasteiger partial charge in [-0.25, -0.2) is 15.0 Å². The Balaban J connectivity index is 1.31. The van der Waals surface area contributed by atoms with Crippen molar-refractivity contribution in [2.75, 3.05) is 10.0 Å². The molecule has 4 aromatic rings. The molecule has 2 aromatic carbocycles. The molecule has 6 nitrogen and oxygen atoms in total. The Bertz CT molecular complexity index is 1330. The molecule has 0 aliphatic heterocycles. The van der Waals surface area contributed by atoms with E-state index in [2.05, 4.69) is 20.0 Å². The normalized spacial score (nSPS) is 13.8. The summed E-state index contributed by atoms with van der Waals surface area (Å²) in [7, 11) is 0. The number of hydrogen-bond donors (Lipinski definition) is 2. The first-order valence-electron chi connectivity index (χ1n) is 12.2. The van der Waals surface area contributed by atoms with E-state index in [4.69, 9.17) is 21.3 Å². The van der Waals surface area contributed by atoms with Gasteiger partial charge in [0.2, 0.25) is 11.8 Å². The third kappa shape index (κ3) is 6.09. The highest BCUT2D eigenvalue weighted by molar-refractivity contribution is 8.00. The fourth-order valence-electron chi connectivity index (χ4n) is 4.25. The molecular weight excluding hydrogens is 490 g/mol. The van der Waals surface area contributed by atoms with Crippen molar-refractivity contribution < 1.29 is 4.74 Å². The Labute approximate surface area is 221 Å². The predicted molar refractivity (Wildman–Crippen MR) is 148 cm³/mol. The van der Waals surface area contributed by atoms with Crippen LogP contribution in [0.4, 0.5) is 11.6 Å². The summed E-state index contributed by atoms with van der Waals surface area (Å²) in [5, 5.41) is 4.22. The molecule has 184 valence electrons. The molecule has 2 N–H and O–H groups in total. The van der Waals surface area contributed by atoms with Crippen LogP contribution in [-0.4, -0.2) is 21.0 Å². The van der Waals surface area contributed by atoms with Crippen LogP contribution in [0.2, 0.25) is 5.02 Å². The van der Waals surface area contributed by atoms with E-state index < -0.39 is 0 Å². The third-order valence-electron chi connectivity index (χ3n) is 6.14. The second kappa shape index (κ2) is 11.6. The number of nitrogens with one attached hydrogen (secondary N) is 2. The van der Waals surface area contributed by atoms with Gasteiger partial charge in [-0.15, -0.1) is 0 Å². The van der Waals surface area contributed by atoms with Crippen LogP contribution in [0.5, 0.6) is 11.6 Å². The van der Waals surface area contributed by atoms with Crippen molar-refractivity contribution >= 4 is 35.2 Å². The van der Waals surface area contributed by atoms with Gasteiger partial charge in [0.05, 0.1) is 16.3 Å². The summed E-state index contributed by atoms with van der Waals surface area (Å²) in [6.45, 7) is 2.01. The van der Waals surface area contributed by atoms with E-state index in [1.807, 2.05) is 67.6 Å². The number of aromatic nitrogens is 3. The summed E-state index contributed by atoms with van der Waals surface area (Å²) in [5.74, 6) is 1.89. The minimum absolute atomic E-state index is 0.435. The number of nitrogens with zero attached hydrogens (tertiary/aromatic N) is 3. The average molecular weight is 518 g/mol. The molecule has 1 aliphatic rings. The Hall–Kier alpha value is -3.29. The van der Waals surface area contributed by atoms with Crippen LogP contribution < -0.4 is 14.8 Å². The van der Waals surface area contributed by atoms with Crippen LogP contribution in [-0.2, 0) is 0 Å². The molecule has 5 rings (SSSR count). The van der Waals surface area contributed by atoms with Gasteiger partial charge in [0.25, 0.3) is 0 Å². The van der Waals surface area contributed by atoms with E-state index in [9.17, 15) is 0 Å². The van der Waals surface area contributed by atoms with Crippen molar-refractivity contribution in [3.05, 3.63) is 83.6 Å². The SMILES string of the molecule is Cc1cc(NSc2ccccc2Cl)ccc1Oc1ncccc1-c1ccnc(NC2CCCCC2)n1. The number of halogens is 1. The number of ether oxygens (including phenoxy) is 1. The van der Waals surface area contributed by atoms with Gasteiger partial charge in [-0.1, -0.05) is 43.0 Å². The number of benzene rings is 2. The zero-order valence-corrected chi connectivity index (χ0v) is 21.6. The Morgan fingerprint density at radius 2 is 1.81 bits per heavy atom. The van der Waals surface area contributed by atoms with E-state index in [0.29, 0.717) is 17.9 Å². The van der Waals surface area contributed by atoms with Gasteiger partial charge in [-0.3, -0.25) is 0 Å². The molecule has 1 fully saturated rings. The molecule has 36 heavy (non-hydrogen) atoms. The standard InChI is InChI=1S/C28H28ClN5OS/c1-19-18-21(34-36-26-12-6-5-11-23(26)29)13-14-25(19)35-27-22(10-7-16-30-27)24-15-17-31-28(33-24)32-20-8-3-2-4-9-20/h5-7,10-18,20,34H,2-4,8-9H2,1H3,(H,31,32,33). The Morgan fingerprint density at radius 3 is 2.64 bits per heavy atom. The molecule has 0 unspecified atom stereocenters. The van der Waals surface area contributed by atoms with Crippen LogP contribution in [0.25, 0.3) is 11.3 Å².